The fourth-order valence-corrected chi connectivity index (χ4v) is 2.96. The molecule has 15 heavy (non-hydrogen) atoms. The zero-order valence-electron chi connectivity index (χ0n) is 8.91. The SMILES string of the molecule is NNC(C1=CCCCCC1)c1cccs1. The lowest BCUT2D eigenvalue weighted by molar-refractivity contribution is 0.600. The minimum absolute atomic E-state index is 0.239. The molecule has 0 spiro atoms. The van der Waals surface area contributed by atoms with Crippen LogP contribution in [0.15, 0.2) is 29.2 Å². The van der Waals surface area contributed by atoms with Crippen LogP contribution in [0.4, 0.5) is 0 Å². The molecule has 0 saturated heterocycles. The molecule has 3 heteroatoms. The lowest BCUT2D eigenvalue weighted by Gasteiger charge is -2.17. The molecule has 0 aliphatic heterocycles. The fraction of sp³-hybridized carbons (Fsp3) is 0.500. The Morgan fingerprint density at radius 1 is 1.33 bits per heavy atom. The highest BCUT2D eigenvalue weighted by molar-refractivity contribution is 7.10. The first-order valence-corrected chi connectivity index (χ1v) is 6.48. The second kappa shape index (κ2) is 5.45. The van der Waals surface area contributed by atoms with Gasteiger partial charge in [0.05, 0.1) is 6.04 Å². The summed E-state index contributed by atoms with van der Waals surface area (Å²) >= 11 is 1.77. The Hall–Kier alpha value is -0.640. The predicted molar refractivity (Wildman–Crippen MR) is 65.6 cm³/mol. The summed E-state index contributed by atoms with van der Waals surface area (Å²) in [5, 5.41) is 2.11. The highest BCUT2D eigenvalue weighted by atomic mass is 32.1. The fourth-order valence-electron chi connectivity index (χ4n) is 2.13. The molecule has 2 rings (SSSR count). The first-order valence-electron chi connectivity index (χ1n) is 5.60. The monoisotopic (exact) mass is 222 g/mol. The molecule has 1 aromatic rings. The summed E-state index contributed by atoms with van der Waals surface area (Å²) in [6, 6.07) is 4.48. The molecule has 1 unspecified atom stereocenters. The lowest BCUT2D eigenvalue weighted by atomic mass is 10.0. The average Bonchev–Trinajstić information content (AvgIpc) is 2.63. The summed E-state index contributed by atoms with van der Waals surface area (Å²) in [6.07, 6.45) is 8.74. The zero-order valence-corrected chi connectivity index (χ0v) is 9.72. The molecule has 1 aliphatic rings. The summed E-state index contributed by atoms with van der Waals surface area (Å²) in [7, 11) is 0. The van der Waals surface area contributed by atoms with Gasteiger partial charge in [-0.2, -0.15) is 0 Å². The van der Waals surface area contributed by atoms with Crippen molar-refractivity contribution in [1.29, 1.82) is 0 Å². The molecule has 1 aromatic heterocycles. The van der Waals surface area contributed by atoms with Crippen LogP contribution in [0, 0.1) is 0 Å². The topological polar surface area (TPSA) is 38.0 Å². The molecule has 1 heterocycles. The Morgan fingerprint density at radius 3 is 3.00 bits per heavy atom. The third-order valence-corrected chi connectivity index (χ3v) is 3.88. The Labute approximate surface area is 95.2 Å². The summed E-state index contributed by atoms with van der Waals surface area (Å²) in [5.41, 5.74) is 4.41. The molecule has 82 valence electrons. The van der Waals surface area contributed by atoms with E-state index in [0.29, 0.717) is 0 Å². The Morgan fingerprint density at radius 2 is 2.27 bits per heavy atom. The van der Waals surface area contributed by atoms with Crippen molar-refractivity contribution < 1.29 is 0 Å². The van der Waals surface area contributed by atoms with Gasteiger partial charge in [-0.1, -0.05) is 24.1 Å². The highest BCUT2D eigenvalue weighted by Crippen LogP contribution is 2.30. The number of hydrogen-bond donors (Lipinski definition) is 2. The zero-order chi connectivity index (χ0) is 10.5. The van der Waals surface area contributed by atoms with Gasteiger partial charge in [-0.15, -0.1) is 11.3 Å². The van der Waals surface area contributed by atoms with Crippen LogP contribution in [0.25, 0.3) is 0 Å². The molecule has 0 saturated carbocycles. The van der Waals surface area contributed by atoms with Crippen molar-refractivity contribution in [3.05, 3.63) is 34.0 Å². The van der Waals surface area contributed by atoms with E-state index in [1.807, 2.05) is 0 Å². The number of hydrazine groups is 1. The van der Waals surface area contributed by atoms with Gasteiger partial charge in [0.2, 0.25) is 0 Å². The maximum Gasteiger partial charge on any atom is 0.0762 e. The van der Waals surface area contributed by atoms with Gasteiger partial charge in [-0.25, -0.2) is 5.43 Å². The second-order valence-electron chi connectivity index (χ2n) is 3.99. The minimum atomic E-state index is 0.239. The third-order valence-electron chi connectivity index (χ3n) is 2.94. The van der Waals surface area contributed by atoms with Gasteiger partial charge in [0, 0.05) is 4.88 Å². The number of hydrogen-bond acceptors (Lipinski definition) is 3. The van der Waals surface area contributed by atoms with Crippen LogP contribution < -0.4 is 11.3 Å². The molecule has 1 atom stereocenters. The van der Waals surface area contributed by atoms with Crippen LogP contribution in [0.3, 0.4) is 0 Å². The molecule has 2 nitrogen and oxygen atoms in total. The van der Waals surface area contributed by atoms with E-state index in [9.17, 15) is 0 Å². The van der Waals surface area contributed by atoms with Gasteiger partial charge in [0.25, 0.3) is 0 Å². The molecule has 3 N–H and O–H groups in total. The Kier molecular flexibility index (Phi) is 3.94. The molecule has 0 aromatic carbocycles. The summed E-state index contributed by atoms with van der Waals surface area (Å²) in [4.78, 5) is 1.32. The van der Waals surface area contributed by atoms with Crippen molar-refractivity contribution in [2.75, 3.05) is 0 Å². The van der Waals surface area contributed by atoms with Crippen molar-refractivity contribution in [2.24, 2.45) is 5.84 Å². The average molecular weight is 222 g/mol. The van der Waals surface area contributed by atoms with Crippen LogP contribution in [0.1, 0.15) is 43.0 Å². The van der Waals surface area contributed by atoms with Crippen molar-refractivity contribution in [1.82, 2.24) is 5.43 Å². The van der Waals surface area contributed by atoms with Gasteiger partial charge in [-0.3, -0.25) is 5.84 Å². The molecule has 0 radical (unpaired) electrons. The number of allylic oxidation sites excluding steroid dienone is 1. The smallest absolute Gasteiger partial charge is 0.0762 e. The Balaban J connectivity index is 2.15. The summed E-state index contributed by atoms with van der Waals surface area (Å²) in [6.45, 7) is 0. The van der Waals surface area contributed by atoms with E-state index in [-0.39, 0.29) is 6.04 Å². The van der Waals surface area contributed by atoms with E-state index in [2.05, 4.69) is 29.0 Å². The van der Waals surface area contributed by atoms with E-state index in [4.69, 9.17) is 5.84 Å². The summed E-state index contributed by atoms with van der Waals surface area (Å²) < 4.78 is 0. The van der Waals surface area contributed by atoms with Gasteiger partial charge in [0.15, 0.2) is 0 Å². The number of nitrogens with one attached hydrogen (secondary N) is 1. The standard InChI is InChI=1S/C12H18N2S/c13-14-12(11-8-5-9-15-11)10-6-3-1-2-4-7-10/h5-6,8-9,12,14H,1-4,7,13H2. The predicted octanol–water partition coefficient (Wildman–Crippen LogP) is 3.14. The van der Waals surface area contributed by atoms with E-state index in [1.54, 1.807) is 11.3 Å². The molecule has 1 aliphatic carbocycles. The largest absolute Gasteiger partial charge is 0.271 e. The number of nitrogens with two attached hydrogens (primary N) is 1. The van der Waals surface area contributed by atoms with Crippen LogP contribution in [0.2, 0.25) is 0 Å². The molecule has 0 bridgehead atoms. The van der Waals surface area contributed by atoms with Crippen molar-refractivity contribution in [3.63, 3.8) is 0 Å². The van der Waals surface area contributed by atoms with Gasteiger partial charge < -0.3 is 0 Å². The maximum absolute atomic E-state index is 5.66. The highest BCUT2D eigenvalue weighted by Gasteiger charge is 2.16. The van der Waals surface area contributed by atoms with Crippen molar-refractivity contribution >= 4 is 11.3 Å². The minimum Gasteiger partial charge on any atom is -0.271 e. The van der Waals surface area contributed by atoms with E-state index < -0.39 is 0 Å². The Bertz CT molecular complexity index is 316. The van der Waals surface area contributed by atoms with E-state index >= 15 is 0 Å². The van der Waals surface area contributed by atoms with Crippen LogP contribution in [0.5, 0.6) is 0 Å². The van der Waals surface area contributed by atoms with Crippen LogP contribution >= 0.6 is 11.3 Å². The quantitative estimate of drug-likeness (QED) is 0.468. The van der Waals surface area contributed by atoms with Crippen LogP contribution in [-0.2, 0) is 0 Å². The lowest BCUT2D eigenvalue weighted by Crippen LogP contribution is -2.28. The first-order chi connectivity index (χ1) is 7.42. The molecular weight excluding hydrogens is 204 g/mol. The molecule has 0 amide bonds. The van der Waals surface area contributed by atoms with Gasteiger partial charge >= 0.3 is 0 Å². The van der Waals surface area contributed by atoms with E-state index in [1.165, 1.54) is 42.6 Å². The maximum atomic E-state index is 5.66. The number of rotatable bonds is 3. The van der Waals surface area contributed by atoms with Crippen molar-refractivity contribution in [3.8, 4) is 0 Å². The van der Waals surface area contributed by atoms with Gasteiger partial charge in [-0.05, 0) is 37.1 Å². The second-order valence-corrected chi connectivity index (χ2v) is 4.97. The first kappa shape index (κ1) is 10.9. The molecular formula is C12H18N2S. The summed E-state index contributed by atoms with van der Waals surface area (Å²) in [5.74, 6) is 5.66. The molecule has 0 fully saturated rings. The van der Waals surface area contributed by atoms with Gasteiger partial charge in [0.1, 0.15) is 0 Å². The van der Waals surface area contributed by atoms with Crippen molar-refractivity contribution in [2.45, 2.75) is 38.1 Å². The number of thiophene rings is 1. The third kappa shape index (κ3) is 2.68. The normalized spacial score (nSPS) is 19.4. The van der Waals surface area contributed by atoms with Crippen LogP contribution in [-0.4, -0.2) is 0 Å². The van der Waals surface area contributed by atoms with E-state index in [0.717, 1.165) is 0 Å².